The molecule has 2 atom stereocenters. The molecule has 4 rings (SSSR count). The molecule has 0 radical (unpaired) electrons. The Morgan fingerprint density at radius 1 is 1.18 bits per heavy atom. The van der Waals surface area contributed by atoms with Crippen LogP contribution in [0.1, 0.15) is 12.0 Å². The first-order chi connectivity index (χ1) is 16.1. The van der Waals surface area contributed by atoms with Gasteiger partial charge in [0.2, 0.25) is 0 Å². The van der Waals surface area contributed by atoms with Crippen molar-refractivity contribution < 1.29 is 19.7 Å². The second-order valence-electron chi connectivity index (χ2n) is 7.77. The highest BCUT2D eigenvalue weighted by molar-refractivity contribution is 7.99. The third kappa shape index (κ3) is 5.51. The van der Waals surface area contributed by atoms with Gasteiger partial charge in [-0.3, -0.25) is 0 Å². The number of nitrogens with two attached hydrogens (primary N) is 1. The van der Waals surface area contributed by atoms with Gasteiger partial charge in [-0.1, -0.05) is 30.0 Å². The van der Waals surface area contributed by atoms with Gasteiger partial charge in [-0.25, -0.2) is 4.98 Å². The summed E-state index contributed by atoms with van der Waals surface area (Å²) in [6.07, 6.45) is -0.293. The van der Waals surface area contributed by atoms with Crippen molar-refractivity contribution in [2.45, 2.75) is 29.5 Å². The maximum Gasteiger partial charge on any atom is 0.164 e. The first-order valence-corrected chi connectivity index (χ1v) is 11.9. The van der Waals surface area contributed by atoms with Gasteiger partial charge in [0.05, 0.1) is 12.1 Å². The molecule has 0 saturated heterocycles. The van der Waals surface area contributed by atoms with E-state index in [1.54, 1.807) is 12.0 Å². The van der Waals surface area contributed by atoms with Crippen molar-refractivity contribution >= 4 is 34.2 Å². The minimum atomic E-state index is -1.11. The van der Waals surface area contributed by atoms with E-state index in [0.29, 0.717) is 38.7 Å². The number of aliphatic hydroxyl groups is 2. The molecule has 1 aromatic heterocycles. The predicted molar refractivity (Wildman–Crippen MR) is 132 cm³/mol. The molecule has 1 aliphatic heterocycles. The van der Waals surface area contributed by atoms with Gasteiger partial charge < -0.3 is 35.6 Å². The van der Waals surface area contributed by atoms with Crippen LogP contribution >= 0.6 is 11.8 Å². The molecule has 0 spiro atoms. The standard InChI is InChI=1S/C24H30N4O4S/c1-31-11-12-32-17-7-8-19-18(13-17)20(26-10-4-9-25)14-22(27-19)28-15-16-5-2-3-6-21(16)33-24(30)23(28)29/h2-3,5-8,13-14,23-24,29-30H,4,9-12,15,25H2,1H3,(H,26,27). The summed E-state index contributed by atoms with van der Waals surface area (Å²) in [6, 6.07) is 15.5. The van der Waals surface area contributed by atoms with E-state index in [4.69, 9.17) is 20.2 Å². The Labute approximate surface area is 197 Å². The number of anilines is 2. The lowest BCUT2D eigenvalue weighted by molar-refractivity contribution is 0.0699. The number of benzene rings is 2. The van der Waals surface area contributed by atoms with Crippen molar-refractivity contribution in [3.05, 3.63) is 54.1 Å². The van der Waals surface area contributed by atoms with Gasteiger partial charge in [0, 0.05) is 42.2 Å². The Hall–Kier alpha value is -2.56. The van der Waals surface area contributed by atoms with Crippen molar-refractivity contribution in [3.63, 3.8) is 0 Å². The number of nitrogens with zero attached hydrogens (tertiary/aromatic N) is 2. The fourth-order valence-electron chi connectivity index (χ4n) is 3.73. The number of methoxy groups -OCH3 is 1. The van der Waals surface area contributed by atoms with Crippen molar-refractivity contribution in [3.8, 4) is 5.75 Å². The summed E-state index contributed by atoms with van der Waals surface area (Å²) in [5.41, 5.74) is 7.33. The Balaban J connectivity index is 1.72. The summed E-state index contributed by atoms with van der Waals surface area (Å²) >= 11 is 1.26. The van der Waals surface area contributed by atoms with Gasteiger partial charge >= 0.3 is 0 Å². The van der Waals surface area contributed by atoms with Crippen LogP contribution in [0.4, 0.5) is 11.5 Å². The second-order valence-corrected chi connectivity index (χ2v) is 8.93. The van der Waals surface area contributed by atoms with E-state index in [0.717, 1.165) is 39.2 Å². The highest BCUT2D eigenvalue weighted by Gasteiger charge is 2.31. The molecule has 176 valence electrons. The fraction of sp³-hybridized carbons (Fsp3) is 0.375. The third-order valence-electron chi connectivity index (χ3n) is 5.45. The molecule has 3 aromatic rings. The molecule has 0 aliphatic carbocycles. The number of ether oxygens (including phenoxy) is 2. The van der Waals surface area contributed by atoms with Gasteiger partial charge in [-0.05, 0) is 42.8 Å². The molecule has 2 heterocycles. The molecule has 2 aromatic carbocycles. The van der Waals surface area contributed by atoms with Crippen LogP contribution in [-0.2, 0) is 11.3 Å². The number of nitrogens with one attached hydrogen (secondary N) is 1. The molecule has 9 heteroatoms. The number of aliphatic hydroxyl groups excluding tert-OH is 2. The fourth-order valence-corrected chi connectivity index (χ4v) is 4.70. The number of fused-ring (bicyclic) bond motifs is 2. The maximum atomic E-state index is 10.9. The van der Waals surface area contributed by atoms with Crippen LogP contribution < -0.4 is 20.7 Å². The van der Waals surface area contributed by atoms with Crippen LogP contribution in [-0.4, -0.2) is 60.3 Å². The molecule has 8 nitrogen and oxygen atoms in total. The molecule has 33 heavy (non-hydrogen) atoms. The molecular formula is C24H30N4O4S. The number of pyridine rings is 1. The lowest BCUT2D eigenvalue weighted by atomic mass is 10.1. The van der Waals surface area contributed by atoms with Crippen LogP contribution in [0.3, 0.4) is 0 Å². The molecule has 1 aliphatic rings. The molecule has 0 bridgehead atoms. The van der Waals surface area contributed by atoms with Crippen molar-refractivity contribution in [2.75, 3.05) is 43.6 Å². The van der Waals surface area contributed by atoms with E-state index >= 15 is 0 Å². The normalized spacial score (nSPS) is 18.1. The first kappa shape index (κ1) is 23.6. The Morgan fingerprint density at radius 3 is 2.85 bits per heavy atom. The number of hydrogen-bond donors (Lipinski definition) is 4. The second kappa shape index (κ2) is 11.0. The van der Waals surface area contributed by atoms with Crippen molar-refractivity contribution in [2.24, 2.45) is 5.73 Å². The molecular weight excluding hydrogens is 440 g/mol. The minimum absolute atomic E-state index is 0.431. The molecule has 0 saturated carbocycles. The Bertz CT molecular complexity index is 1080. The molecule has 0 amide bonds. The van der Waals surface area contributed by atoms with Gasteiger partial charge in [0.25, 0.3) is 0 Å². The highest BCUT2D eigenvalue weighted by Crippen LogP contribution is 2.37. The van der Waals surface area contributed by atoms with Crippen LogP contribution in [0.5, 0.6) is 5.75 Å². The smallest absolute Gasteiger partial charge is 0.164 e. The quantitative estimate of drug-likeness (QED) is 0.351. The summed E-state index contributed by atoms with van der Waals surface area (Å²) < 4.78 is 10.8. The van der Waals surface area contributed by atoms with E-state index in [-0.39, 0.29) is 0 Å². The van der Waals surface area contributed by atoms with Gasteiger partial charge in [-0.2, -0.15) is 0 Å². The Morgan fingerprint density at radius 2 is 2.03 bits per heavy atom. The topological polar surface area (TPSA) is 113 Å². The average Bonchev–Trinajstić information content (AvgIpc) is 2.95. The lowest BCUT2D eigenvalue weighted by Crippen LogP contribution is -2.41. The van der Waals surface area contributed by atoms with Crippen LogP contribution in [0.2, 0.25) is 0 Å². The van der Waals surface area contributed by atoms with Crippen molar-refractivity contribution in [1.82, 2.24) is 4.98 Å². The van der Waals surface area contributed by atoms with Crippen LogP contribution in [0.25, 0.3) is 10.9 Å². The highest BCUT2D eigenvalue weighted by atomic mass is 32.2. The molecule has 0 fully saturated rings. The zero-order valence-corrected chi connectivity index (χ0v) is 19.4. The maximum absolute atomic E-state index is 10.9. The van der Waals surface area contributed by atoms with E-state index in [2.05, 4.69) is 5.32 Å². The lowest BCUT2D eigenvalue weighted by Gasteiger charge is -2.30. The third-order valence-corrected chi connectivity index (χ3v) is 6.59. The monoisotopic (exact) mass is 470 g/mol. The predicted octanol–water partition coefficient (Wildman–Crippen LogP) is 2.77. The van der Waals surface area contributed by atoms with Gasteiger partial charge in [0.15, 0.2) is 6.23 Å². The zero-order chi connectivity index (χ0) is 23.2. The van der Waals surface area contributed by atoms with E-state index < -0.39 is 11.7 Å². The molecule has 5 N–H and O–H groups in total. The van der Waals surface area contributed by atoms with E-state index in [1.807, 2.05) is 48.5 Å². The SMILES string of the molecule is COCCOc1ccc2nc(N3Cc4ccccc4SC(O)C3O)cc(NCCCN)c2c1. The van der Waals surface area contributed by atoms with E-state index in [1.165, 1.54) is 11.8 Å². The average molecular weight is 471 g/mol. The number of aromatic nitrogens is 1. The molecule has 2 unspecified atom stereocenters. The summed E-state index contributed by atoms with van der Waals surface area (Å²) in [7, 11) is 1.64. The minimum Gasteiger partial charge on any atom is -0.491 e. The summed E-state index contributed by atoms with van der Waals surface area (Å²) in [6.45, 7) is 2.68. The Kier molecular flexibility index (Phi) is 7.89. The summed E-state index contributed by atoms with van der Waals surface area (Å²) in [5, 5.41) is 25.9. The van der Waals surface area contributed by atoms with Gasteiger partial charge in [0.1, 0.15) is 23.6 Å². The summed E-state index contributed by atoms with van der Waals surface area (Å²) in [4.78, 5) is 7.51. The van der Waals surface area contributed by atoms with Crippen LogP contribution in [0.15, 0.2) is 53.4 Å². The summed E-state index contributed by atoms with van der Waals surface area (Å²) in [5.74, 6) is 1.31. The van der Waals surface area contributed by atoms with E-state index in [9.17, 15) is 10.2 Å². The van der Waals surface area contributed by atoms with Crippen molar-refractivity contribution in [1.29, 1.82) is 0 Å². The number of rotatable bonds is 9. The van der Waals surface area contributed by atoms with Crippen LogP contribution in [0, 0.1) is 0 Å². The zero-order valence-electron chi connectivity index (χ0n) is 18.6. The number of thioether (sulfide) groups is 1. The van der Waals surface area contributed by atoms with Gasteiger partial charge in [-0.15, -0.1) is 0 Å². The number of hydrogen-bond acceptors (Lipinski definition) is 9. The first-order valence-electron chi connectivity index (χ1n) is 11.0. The largest absolute Gasteiger partial charge is 0.491 e.